The van der Waals surface area contributed by atoms with Gasteiger partial charge in [0.2, 0.25) is 10.0 Å². The Morgan fingerprint density at radius 3 is 2.03 bits per heavy atom. The Bertz CT molecular complexity index is 1430. The molecular formula is C26H29N3O5S2. The molecule has 1 aliphatic heterocycles. The minimum atomic E-state index is -3.81. The summed E-state index contributed by atoms with van der Waals surface area (Å²) in [6, 6.07) is 18.9. The number of rotatable bonds is 7. The van der Waals surface area contributed by atoms with E-state index < -0.39 is 26.0 Å². The molecule has 0 unspecified atom stereocenters. The number of benzene rings is 3. The van der Waals surface area contributed by atoms with Crippen molar-refractivity contribution in [1.29, 1.82) is 0 Å². The Kier molecular flexibility index (Phi) is 7.77. The van der Waals surface area contributed by atoms with Crippen molar-refractivity contribution in [2.75, 3.05) is 23.1 Å². The summed E-state index contributed by atoms with van der Waals surface area (Å²) in [5, 5.41) is 2.76. The van der Waals surface area contributed by atoms with E-state index in [-0.39, 0.29) is 9.79 Å². The minimum Gasteiger partial charge on any atom is -0.322 e. The van der Waals surface area contributed by atoms with E-state index in [9.17, 15) is 21.6 Å². The Balaban J connectivity index is 1.49. The molecule has 1 saturated heterocycles. The van der Waals surface area contributed by atoms with Crippen LogP contribution in [0.1, 0.15) is 41.6 Å². The summed E-state index contributed by atoms with van der Waals surface area (Å²) >= 11 is 0. The van der Waals surface area contributed by atoms with Gasteiger partial charge in [-0.05, 0) is 73.9 Å². The smallest absolute Gasteiger partial charge is 0.261 e. The maximum Gasteiger partial charge on any atom is 0.261 e. The number of amides is 1. The lowest BCUT2D eigenvalue weighted by Crippen LogP contribution is -2.31. The summed E-state index contributed by atoms with van der Waals surface area (Å²) in [4.78, 5) is 13.3. The maximum atomic E-state index is 13.0. The molecule has 0 aliphatic carbocycles. The maximum absolute atomic E-state index is 13.0. The zero-order valence-corrected chi connectivity index (χ0v) is 21.6. The van der Waals surface area contributed by atoms with E-state index in [1.165, 1.54) is 28.6 Å². The van der Waals surface area contributed by atoms with E-state index in [0.717, 1.165) is 25.7 Å². The number of hydrogen-bond acceptors (Lipinski definition) is 5. The molecule has 0 atom stereocenters. The van der Waals surface area contributed by atoms with Crippen LogP contribution in [-0.4, -0.2) is 40.1 Å². The summed E-state index contributed by atoms with van der Waals surface area (Å²) < 4.78 is 55.4. The predicted molar refractivity (Wildman–Crippen MR) is 140 cm³/mol. The molecule has 1 fully saturated rings. The van der Waals surface area contributed by atoms with Crippen LogP contribution in [0.15, 0.2) is 82.6 Å². The fourth-order valence-corrected chi connectivity index (χ4v) is 6.80. The Hall–Kier alpha value is -3.21. The second-order valence-corrected chi connectivity index (χ2v) is 12.3. The fraction of sp³-hybridized carbons (Fsp3) is 0.269. The molecule has 2 N–H and O–H groups in total. The van der Waals surface area contributed by atoms with Gasteiger partial charge in [0.15, 0.2) is 0 Å². The summed E-state index contributed by atoms with van der Waals surface area (Å²) in [5.74, 6) is -0.434. The average Bonchev–Trinajstić information content (AvgIpc) is 3.16. The molecule has 1 amide bonds. The van der Waals surface area contributed by atoms with Crippen LogP contribution in [0.4, 0.5) is 11.4 Å². The van der Waals surface area contributed by atoms with E-state index in [1.807, 2.05) is 0 Å². The largest absolute Gasteiger partial charge is 0.322 e. The molecule has 190 valence electrons. The van der Waals surface area contributed by atoms with Gasteiger partial charge in [0.1, 0.15) is 0 Å². The third-order valence-corrected chi connectivity index (χ3v) is 9.49. The summed E-state index contributed by atoms with van der Waals surface area (Å²) in [5.41, 5.74) is 1.49. The molecule has 10 heteroatoms. The van der Waals surface area contributed by atoms with Crippen LogP contribution in [0.5, 0.6) is 0 Å². The Morgan fingerprint density at radius 1 is 0.750 bits per heavy atom. The van der Waals surface area contributed by atoms with Crippen molar-refractivity contribution in [2.24, 2.45) is 0 Å². The zero-order chi connectivity index (χ0) is 25.8. The standard InChI is InChI=1S/C26H29N3O5S2/c1-20-24(12-9-13-25(20)28-35(31,32)22-10-5-4-6-11-22)26(30)27-21-14-16-23(17-15-21)36(33,34)29-18-7-2-3-8-19-29/h4-6,9-17,28H,2-3,7-8,18-19H2,1H3,(H,27,30). The van der Waals surface area contributed by atoms with Crippen LogP contribution in [0.25, 0.3) is 0 Å². The molecule has 1 heterocycles. The van der Waals surface area contributed by atoms with Crippen molar-refractivity contribution in [2.45, 2.75) is 42.4 Å². The molecule has 0 saturated carbocycles. The number of carbonyl (C=O) groups is 1. The summed E-state index contributed by atoms with van der Waals surface area (Å²) in [6.45, 7) is 2.70. The van der Waals surface area contributed by atoms with Gasteiger partial charge in [0.05, 0.1) is 15.5 Å². The van der Waals surface area contributed by atoms with Crippen LogP contribution in [0, 0.1) is 6.92 Å². The first kappa shape index (κ1) is 25.9. The predicted octanol–water partition coefficient (Wildman–Crippen LogP) is 4.61. The first-order valence-corrected chi connectivity index (χ1v) is 14.7. The summed E-state index contributed by atoms with van der Waals surface area (Å²) in [6.07, 6.45) is 3.78. The molecule has 4 rings (SSSR count). The van der Waals surface area contributed by atoms with Gasteiger partial charge < -0.3 is 5.32 Å². The van der Waals surface area contributed by atoms with Crippen LogP contribution < -0.4 is 10.0 Å². The van der Waals surface area contributed by atoms with Crippen molar-refractivity contribution in [3.63, 3.8) is 0 Å². The first-order chi connectivity index (χ1) is 17.2. The molecule has 0 spiro atoms. The lowest BCUT2D eigenvalue weighted by molar-refractivity contribution is 0.102. The molecule has 3 aromatic carbocycles. The average molecular weight is 528 g/mol. The van der Waals surface area contributed by atoms with Crippen LogP contribution in [-0.2, 0) is 20.0 Å². The van der Waals surface area contributed by atoms with Gasteiger partial charge >= 0.3 is 0 Å². The number of sulfonamides is 2. The lowest BCUT2D eigenvalue weighted by atomic mass is 10.1. The van der Waals surface area contributed by atoms with Gasteiger partial charge in [0.25, 0.3) is 15.9 Å². The van der Waals surface area contributed by atoms with Crippen molar-refractivity contribution >= 4 is 37.3 Å². The highest BCUT2D eigenvalue weighted by molar-refractivity contribution is 7.92. The molecule has 3 aromatic rings. The second-order valence-electron chi connectivity index (χ2n) is 8.69. The molecule has 36 heavy (non-hydrogen) atoms. The van der Waals surface area contributed by atoms with Gasteiger partial charge in [-0.25, -0.2) is 16.8 Å². The molecule has 1 aliphatic rings. The van der Waals surface area contributed by atoms with Crippen LogP contribution in [0.2, 0.25) is 0 Å². The topological polar surface area (TPSA) is 113 Å². The SMILES string of the molecule is Cc1c(NS(=O)(=O)c2ccccc2)cccc1C(=O)Nc1ccc(S(=O)(=O)N2CCCCCC2)cc1. The van der Waals surface area contributed by atoms with Crippen molar-refractivity contribution in [3.8, 4) is 0 Å². The lowest BCUT2D eigenvalue weighted by Gasteiger charge is -2.20. The van der Waals surface area contributed by atoms with E-state index in [4.69, 9.17) is 0 Å². The van der Waals surface area contributed by atoms with Gasteiger partial charge in [-0.2, -0.15) is 4.31 Å². The third-order valence-electron chi connectivity index (χ3n) is 6.19. The molecule has 0 bridgehead atoms. The third kappa shape index (κ3) is 5.77. The van der Waals surface area contributed by atoms with Gasteiger partial charge in [0, 0.05) is 24.3 Å². The fourth-order valence-electron chi connectivity index (χ4n) is 4.14. The molecular weight excluding hydrogens is 498 g/mol. The van der Waals surface area contributed by atoms with E-state index in [0.29, 0.717) is 35.6 Å². The van der Waals surface area contributed by atoms with E-state index in [1.54, 1.807) is 55.5 Å². The number of nitrogens with one attached hydrogen (secondary N) is 2. The van der Waals surface area contributed by atoms with Crippen molar-refractivity contribution < 1.29 is 21.6 Å². The number of carbonyl (C=O) groups excluding carboxylic acids is 1. The zero-order valence-electron chi connectivity index (χ0n) is 20.0. The second kappa shape index (κ2) is 10.8. The van der Waals surface area contributed by atoms with Crippen molar-refractivity contribution in [1.82, 2.24) is 4.31 Å². The number of nitrogens with zero attached hydrogens (tertiary/aromatic N) is 1. The number of anilines is 2. The highest BCUT2D eigenvalue weighted by Gasteiger charge is 2.25. The Morgan fingerprint density at radius 2 is 1.39 bits per heavy atom. The van der Waals surface area contributed by atoms with Gasteiger partial charge in [-0.15, -0.1) is 0 Å². The van der Waals surface area contributed by atoms with Crippen LogP contribution >= 0.6 is 0 Å². The van der Waals surface area contributed by atoms with Crippen molar-refractivity contribution in [3.05, 3.63) is 83.9 Å². The monoisotopic (exact) mass is 527 g/mol. The molecule has 8 nitrogen and oxygen atoms in total. The summed E-state index contributed by atoms with van der Waals surface area (Å²) in [7, 11) is -7.39. The highest BCUT2D eigenvalue weighted by Crippen LogP contribution is 2.25. The van der Waals surface area contributed by atoms with E-state index in [2.05, 4.69) is 10.0 Å². The first-order valence-electron chi connectivity index (χ1n) is 11.8. The van der Waals surface area contributed by atoms with Crippen LogP contribution in [0.3, 0.4) is 0 Å². The number of hydrogen-bond donors (Lipinski definition) is 2. The minimum absolute atomic E-state index is 0.120. The van der Waals surface area contributed by atoms with Gasteiger partial charge in [-0.1, -0.05) is 37.1 Å². The quantitative estimate of drug-likeness (QED) is 0.466. The Labute approximate surface area is 212 Å². The highest BCUT2D eigenvalue weighted by atomic mass is 32.2. The normalized spacial score (nSPS) is 15.1. The molecule has 0 aromatic heterocycles. The molecule has 0 radical (unpaired) electrons. The van der Waals surface area contributed by atoms with E-state index >= 15 is 0 Å². The van der Waals surface area contributed by atoms with Gasteiger partial charge in [-0.3, -0.25) is 9.52 Å².